The van der Waals surface area contributed by atoms with E-state index in [2.05, 4.69) is 45.8 Å². The first-order valence-corrected chi connectivity index (χ1v) is 10.8. The summed E-state index contributed by atoms with van der Waals surface area (Å²) in [5.41, 5.74) is 4.18. The molecule has 2 bridgehead atoms. The van der Waals surface area contributed by atoms with E-state index in [9.17, 15) is 0 Å². The molecule has 5 heteroatoms. The highest BCUT2D eigenvalue weighted by atomic mass is 15.2. The van der Waals surface area contributed by atoms with Crippen LogP contribution in [0, 0.1) is 5.92 Å². The van der Waals surface area contributed by atoms with Crippen molar-refractivity contribution in [3.63, 3.8) is 0 Å². The summed E-state index contributed by atoms with van der Waals surface area (Å²) in [7, 11) is 0. The average Bonchev–Trinajstić information content (AvgIpc) is 3.34. The summed E-state index contributed by atoms with van der Waals surface area (Å²) in [5, 5.41) is 13.6. The fraction of sp³-hybridized carbons (Fsp3) is 0.375. The zero-order chi connectivity index (χ0) is 19.2. The molecule has 2 atom stereocenters. The molecule has 0 amide bonds. The van der Waals surface area contributed by atoms with Gasteiger partial charge in [0.2, 0.25) is 0 Å². The van der Waals surface area contributed by atoms with Crippen molar-refractivity contribution in [1.82, 2.24) is 24.9 Å². The molecule has 2 fully saturated rings. The molecule has 1 N–H and O–H groups in total. The number of nitrogens with one attached hydrogen (secondary N) is 1. The summed E-state index contributed by atoms with van der Waals surface area (Å²) < 4.78 is 2.00. The zero-order valence-electron chi connectivity index (χ0n) is 16.5. The van der Waals surface area contributed by atoms with Gasteiger partial charge in [0.15, 0.2) is 11.5 Å². The largest absolute Gasteiger partial charge is 0.311 e. The maximum atomic E-state index is 5.04. The van der Waals surface area contributed by atoms with E-state index in [-0.39, 0.29) is 0 Å². The highest BCUT2D eigenvalue weighted by molar-refractivity contribution is 5.84. The maximum Gasteiger partial charge on any atom is 0.187 e. The molecule has 5 nitrogen and oxygen atoms in total. The number of hydrogen-bond donors (Lipinski definition) is 1. The van der Waals surface area contributed by atoms with E-state index in [1.807, 2.05) is 28.8 Å². The van der Waals surface area contributed by atoms with Crippen LogP contribution in [0.3, 0.4) is 0 Å². The maximum absolute atomic E-state index is 5.04. The molecule has 0 aliphatic carbocycles. The van der Waals surface area contributed by atoms with Gasteiger partial charge in [-0.3, -0.25) is 4.40 Å². The minimum atomic E-state index is 0.761. The monoisotopic (exact) mass is 383 g/mol. The molecular formula is C24H25N5. The third-order valence-corrected chi connectivity index (χ3v) is 6.74. The smallest absolute Gasteiger partial charge is 0.187 e. The normalized spacial score (nSPS) is 23.8. The van der Waals surface area contributed by atoms with Crippen molar-refractivity contribution < 1.29 is 0 Å². The molecular weight excluding hydrogens is 358 g/mol. The van der Waals surface area contributed by atoms with Crippen molar-refractivity contribution in [1.29, 1.82) is 0 Å². The molecule has 4 aromatic rings. The Hall–Kier alpha value is -2.79. The van der Waals surface area contributed by atoms with Crippen LogP contribution in [0.25, 0.3) is 28.1 Å². The Labute approximate surface area is 170 Å². The number of rotatable bonds is 4. The first-order chi connectivity index (χ1) is 14.3. The lowest BCUT2D eigenvalue weighted by Crippen LogP contribution is -2.38. The summed E-state index contributed by atoms with van der Waals surface area (Å²) in [5.74, 6) is 1.64. The molecule has 146 valence electrons. The molecule has 5 heterocycles. The highest BCUT2D eigenvalue weighted by Crippen LogP contribution is 2.34. The van der Waals surface area contributed by atoms with Gasteiger partial charge in [0.25, 0.3) is 0 Å². The fourth-order valence-electron chi connectivity index (χ4n) is 5.32. The van der Waals surface area contributed by atoms with Crippen LogP contribution in [0.4, 0.5) is 0 Å². The van der Waals surface area contributed by atoms with E-state index < -0.39 is 0 Å². The summed E-state index contributed by atoms with van der Waals surface area (Å²) in [4.78, 5) is 5.04. The van der Waals surface area contributed by atoms with E-state index in [0.29, 0.717) is 0 Å². The van der Waals surface area contributed by atoms with Crippen LogP contribution < -0.4 is 5.32 Å². The van der Waals surface area contributed by atoms with Crippen molar-refractivity contribution in [2.24, 2.45) is 5.92 Å². The van der Waals surface area contributed by atoms with Gasteiger partial charge in [-0.2, -0.15) is 0 Å². The minimum absolute atomic E-state index is 0.761. The fourth-order valence-corrected chi connectivity index (χ4v) is 5.32. The van der Waals surface area contributed by atoms with Crippen LogP contribution in [0.2, 0.25) is 0 Å². The Bertz CT molecular complexity index is 1170. The second-order valence-corrected chi connectivity index (χ2v) is 8.65. The summed E-state index contributed by atoms with van der Waals surface area (Å²) in [6.45, 7) is 0. The van der Waals surface area contributed by atoms with E-state index in [4.69, 9.17) is 4.98 Å². The Balaban J connectivity index is 1.32. The molecule has 2 aliphatic heterocycles. The first-order valence-electron chi connectivity index (χ1n) is 10.8. The third-order valence-electron chi connectivity index (χ3n) is 6.74. The van der Waals surface area contributed by atoms with Gasteiger partial charge < -0.3 is 5.32 Å². The molecule has 6 rings (SSSR count). The lowest BCUT2D eigenvalue weighted by Gasteiger charge is -2.29. The lowest BCUT2D eigenvalue weighted by atomic mass is 9.87. The molecule has 2 unspecified atom stereocenters. The number of piperidine rings is 1. The number of benzene rings is 1. The first kappa shape index (κ1) is 17.1. The van der Waals surface area contributed by atoms with Crippen LogP contribution >= 0.6 is 0 Å². The van der Waals surface area contributed by atoms with Crippen molar-refractivity contribution in [3.8, 4) is 11.5 Å². The zero-order valence-corrected chi connectivity index (χ0v) is 16.5. The van der Waals surface area contributed by atoms with E-state index >= 15 is 0 Å². The van der Waals surface area contributed by atoms with E-state index in [0.717, 1.165) is 47.1 Å². The molecule has 2 saturated heterocycles. The highest BCUT2D eigenvalue weighted by Gasteiger charge is 2.33. The van der Waals surface area contributed by atoms with Crippen LogP contribution in [0.15, 0.2) is 54.7 Å². The number of nitrogens with zero attached hydrogens (tertiary/aromatic N) is 4. The van der Waals surface area contributed by atoms with Gasteiger partial charge in [0, 0.05) is 23.7 Å². The molecule has 3 aromatic heterocycles. The topological polar surface area (TPSA) is 55.1 Å². The third kappa shape index (κ3) is 3.10. The number of aryl methyl sites for hydroxylation is 1. The number of fused-ring (bicyclic) bond motifs is 4. The summed E-state index contributed by atoms with van der Waals surface area (Å²) in [6, 6.07) is 18.3. The van der Waals surface area contributed by atoms with Crippen LogP contribution in [0.5, 0.6) is 0 Å². The quantitative estimate of drug-likeness (QED) is 0.567. The Morgan fingerprint density at radius 3 is 2.72 bits per heavy atom. The number of pyridine rings is 2. The minimum Gasteiger partial charge on any atom is -0.311 e. The molecule has 0 spiro atoms. The van der Waals surface area contributed by atoms with Gasteiger partial charge in [0.05, 0.1) is 5.52 Å². The molecule has 0 radical (unpaired) electrons. The molecule has 29 heavy (non-hydrogen) atoms. The van der Waals surface area contributed by atoms with E-state index in [1.165, 1.54) is 43.1 Å². The van der Waals surface area contributed by atoms with Gasteiger partial charge in [-0.25, -0.2) is 4.98 Å². The second kappa shape index (κ2) is 6.92. The van der Waals surface area contributed by atoms with Gasteiger partial charge in [0.1, 0.15) is 5.69 Å². The van der Waals surface area contributed by atoms with Crippen molar-refractivity contribution in [2.45, 2.75) is 50.6 Å². The van der Waals surface area contributed by atoms with Crippen LogP contribution in [0.1, 0.15) is 37.7 Å². The van der Waals surface area contributed by atoms with Crippen LogP contribution in [-0.4, -0.2) is 31.7 Å². The molecule has 1 aromatic carbocycles. The van der Waals surface area contributed by atoms with Crippen molar-refractivity contribution in [2.75, 3.05) is 0 Å². The van der Waals surface area contributed by atoms with Crippen LogP contribution in [-0.2, 0) is 6.42 Å². The molecule has 2 aliphatic rings. The second-order valence-electron chi connectivity index (χ2n) is 8.65. The van der Waals surface area contributed by atoms with E-state index in [1.54, 1.807) is 0 Å². The number of para-hydroxylation sites is 1. The summed E-state index contributed by atoms with van der Waals surface area (Å²) >= 11 is 0. The number of aromatic nitrogens is 4. The summed E-state index contributed by atoms with van der Waals surface area (Å²) in [6.07, 6.45) is 9.76. The van der Waals surface area contributed by atoms with Crippen molar-refractivity contribution in [3.05, 3.63) is 60.3 Å². The Morgan fingerprint density at radius 1 is 0.931 bits per heavy atom. The predicted octanol–water partition coefficient (Wildman–Crippen LogP) is 4.41. The lowest BCUT2D eigenvalue weighted by molar-refractivity contribution is 0.286. The molecule has 0 saturated carbocycles. The van der Waals surface area contributed by atoms with Gasteiger partial charge in [-0.15, -0.1) is 10.2 Å². The van der Waals surface area contributed by atoms with Gasteiger partial charge in [-0.05, 0) is 68.2 Å². The van der Waals surface area contributed by atoms with Gasteiger partial charge >= 0.3 is 0 Å². The predicted molar refractivity (Wildman–Crippen MR) is 115 cm³/mol. The SMILES string of the molecule is c1cc(CCC2CC3CCC(C2)N3)c2nc(-c3nnc4ccccn34)ccc2c1. The Morgan fingerprint density at radius 2 is 1.83 bits per heavy atom. The van der Waals surface area contributed by atoms with Gasteiger partial charge in [-0.1, -0.05) is 30.3 Å². The number of hydrogen-bond acceptors (Lipinski definition) is 4. The van der Waals surface area contributed by atoms with Crippen molar-refractivity contribution >= 4 is 16.6 Å². The Kier molecular flexibility index (Phi) is 4.08. The standard InChI is InChI=1S/C24H25N5/c1-2-13-29-22(6-1)27-28-24(29)21-12-9-18-5-3-4-17(23(18)26-21)8-7-16-14-19-10-11-20(15-16)25-19/h1-6,9,12-13,16,19-20,25H,7-8,10-11,14-15H2. The average molecular weight is 383 g/mol.